The Morgan fingerprint density at radius 1 is 1.53 bits per heavy atom. The van der Waals surface area contributed by atoms with E-state index in [1.807, 2.05) is 0 Å². The highest BCUT2D eigenvalue weighted by atomic mass is 16.4. The molecule has 0 spiro atoms. The fourth-order valence-electron chi connectivity index (χ4n) is 1.08. The van der Waals surface area contributed by atoms with Crippen molar-refractivity contribution in [3.8, 4) is 11.5 Å². The van der Waals surface area contributed by atoms with Crippen molar-refractivity contribution >= 4 is 5.97 Å². The van der Waals surface area contributed by atoms with E-state index in [1.54, 1.807) is 0 Å². The van der Waals surface area contributed by atoms with E-state index in [2.05, 4.69) is 0 Å². The second-order valence-corrected chi connectivity index (χ2v) is 3.28. The molecule has 0 aromatic heterocycles. The van der Waals surface area contributed by atoms with E-state index >= 15 is 0 Å². The van der Waals surface area contributed by atoms with Gasteiger partial charge in [-0.15, -0.1) is 0 Å². The van der Waals surface area contributed by atoms with Crippen LogP contribution in [0.15, 0.2) is 18.2 Å². The number of carboxylic acids is 1. The molecule has 0 heterocycles. The Morgan fingerprint density at radius 2 is 2.20 bits per heavy atom. The largest absolute Gasteiger partial charge is 0.504 e. The molecule has 0 aliphatic rings. The van der Waals surface area contributed by atoms with Gasteiger partial charge in [-0.1, -0.05) is 6.07 Å². The van der Waals surface area contributed by atoms with Crippen molar-refractivity contribution in [2.45, 2.75) is 18.8 Å². The fourth-order valence-corrected chi connectivity index (χ4v) is 1.08. The third-order valence-corrected chi connectivity index (χ3v) is 1.90. The molecule has 15 heavy (non-hydrogen) atoms. The van der Waals surface area contributed by atoms with Crippen LogP contribution in [0.1, 0.15) is 16.5 Å². The predicted octanol–water partition coefficient (Wildman–Crippen LogP) is 0.442. The molecule has 0 bridgehead atoms. The van der Waals surface area contributed by atoms with Gasteiger partial charge in [0.05, 0.1) is 0 Å². The van der Waals surface area contributed by atoms with Crippen LogP contribution in [-0.4, -0.2) is 26.8 Å². The second kappa shape index (κ2) is 3.78. The number of nitrogens with two attached hydrogens (primary N) is 1. The van der Waals surface area contributed by atoms with Gasteiger partial charge in [0, 0.05) is 10.5 Å². The molecule has 0 saturated heterocycles. The number of carbonyl (C=O) groups is 1. The minimum atomic E-state index is -2.90. The molecule has 0 aliphatic heterocycles. The Morgan fingerprint density at radius 3 is 2.67 bits per heavy atom. The van der Waals surface area contributed by atoms with Crippen molar-refractivity contribution in [3.05, 3.63) is 23.8 Å². The van der Waals surface area contributed by atoms with Crippen molar-refractivity contribution in [3.63, 3.8) is 0 Å². The molecule has 1 aromatic carbocycles. The summed E-state index contributed by atoms with van der Waals surface area (Å²) in [5.41, 5.74) is 3.18. The summed E-state index contributed by atoms with van der Waals surface area (Å²) < 4.78 is 21.5. The van der Waals surface area contributed by atoms with Crippen LogP contribution in [0.4, 0.5) is 0 Å². The van der Waals surface area contributed by atoms with Crippen LogP contribution in [0, 0.1) is 0 Å². The highest BCUT2D eigenvalue weighted by Gasteiger charge is 2.28. The highest BCUT2D eigenvalue weighted by molar-refractivity contribution is 5.78. The van der Waals surface area contributed by atoms with E-state index < -0.39 is 30.5 Å². The van der Waals surface area contributed by atoms with Crippen LogP contribution in [0.3, 0.4) is 0 Å². The second-order valence-electron chi connectivity index (χ2n) is 3.28. The fraction of sp³-hybridized carbons (Fsp3) is 0.300. The van der Waals surface area contributed by atoms with Crippen LogP contribution in [-0.2, 0) is 11.2 Å². The SMILES string of the molecule is [2H]C([2H])([2H])C(N)(Cc1ccc(O)c(O)c1)C(=O)O. The summed E-state index contributed by atoms with van der Waals surface area (Å²) in [6.45, 7) is -2.90. The minimum Gasteiger partial charge on any atom is -0.504 e. The molecular formula is C10H13NO4. The van der Waals surface area contributed by atoms with Gasteiger partial charge in [-0.05, 0) is 24.5 Å². The standard InChI is InChI=1S/C10H13NO4/c1-10(11,9(14)15)5-6-2-3-7(12)8(13)4-6/h2-4,12-13H,5,11H2,1H3,(H,14,15)/i1D3. The molecule has 5 nitrogen and oxygen atoms in total. The number of aromatic hydroxyl groups is 2. The maximum Gasteiger partial charge on any atom is 0.323 e. The molecule has 5 N–H and O–H groups in total. The third kappa shape index (κ3) is 2.60. The summed E-state index contributed by atoms with van der Waals surface area (Å²) in [6.07, 6.45) is -0.493. The smallest absolute Gasteiger partial charge is 0.323 e. The average Bonchev–Trinajstić information content (AvgIpc) is 2.21. The Hall–Kier alpha value is -1.75. The monoisotopic (exact) mass is 214 g/mol. The maximum atomic E-state index is 11.0. The summed E-state index contributed by atoms with van der Waals surface area (Å²) in [6, 6.07) is 3.50. The Bertz CT molecular complexity index is 475. The van der Waals surface area contributed by atoms with Gasteiger partial charge in [-0.3, -0.25) is 4.79 Å². The zero-order valence-corrected chi connectivity index (χ0v) is 7.77. The average molecular weight is 214 g/mol. The molecule has 0 amide bonds. The molecule has 1 aromatic rings. The molecule has 5 heteroatoms. The number of hydrogen-bond acceptors (Lipinski definition) is 4. The zero-order valence-electron chi connectivity index (χ0n) is 10.8. The van der Waals surface area contributed by atoms with Gasteiger partial charge < -0.3 is 21.1 Å². The van der Waals surface area contributed by atoms with Crippen molar-refractivity contribution < 1.29 is 24.2 Å². The number of phenolic OH excluding ortho intramolecular Hbond substituents is 2. The van der Waals surface area contributed by atoms with E-state index in [0.29, 0.717) is 0 Å². The van der Waals surface area contributed by atoms with Crippen LogP contribution in [0.25, 0.3) is 0 Å². The lowest BCUT2D eigenvalue weighted by molar-refractivity contribution is -0.142. The third-order valence-electron chi connectivity index (χ3n) is 1.90. The summed E-state index contributed by atoms with van der Waals surface area (Å²) >= 11 is 0. The molecule has 1 atom stereocenters. The summed E-state index contributed by atoms with van der Waals surface area (Å²) in [7, 11) is 0. The quantitative estimate of drug-likeness (QED) is 0.547. The Kier molecular flexibility index (Phi) is 1.90. The maximum absolute atomic E-state index is 11.0. The molecule has 0 fully saturated rings. The van der Waals surface area contributed by atoms with E-state index in [-0.39, 0.29) is 11.3 Å². The Balaban J connectivity index is 3.12. The van der Waals surface area contributed by atoms with Crippen LogP contribution < -0.4 is 5.73 Å². The first-order valence-electron chi connectivity index (χ1n) is 5.61. The lowest BCUT2D eigenvalue weighted by atomic mass is 9.94. The lowest BCUT2D eigenvalue weighted by Gasteiger charge is -2.19. The molecule has 0 radical (unpaired) electrons. The number of carboxylic acid groups (broad SMARTS) is 1. The number of aliphatic carboxylic acids is 1. The molecule has 0 aliphatic carbocycles. The van der Waals surface area contributed by atoms with Gasteiger partial charge in [-0.2, -0.15) is 0 Å². The van der Waals surface area contributed by atoms with Crippen molar-refractivity contribution in [2.24, 2.45) is 5.73 Å². The normalized spacial score (nSPS) is 18.3. The summed E-state index contributed by atoms with van der Waals surface area (Å²) in [5.74, 6) is -2.51. The van der Waals surface area contributed by atoms with Gasteiger partial charge >= 0.3 is 5.97 Å². The first kappa shape index (κ1) is 7.53. The van der Waals surface area contributed by atoms with Gasteiger partial charge in [0.2, 0.25) is 0 Å². The van der Waals surface area contributed by atoms with E-state index in [0.717, 1.165) is 12.1 Å². The number of hydrogen-bond donors (Lipinski definition) is 4. The topological polar surface area (TPSA) is 104 Å². The minimum absolute atomic E-state index is 0.200. The van der Waals surface area contributed by atoms with E-state index in [1.165, 1.54) is 6.07 Å². The molecular weight excluding hydrogens is 198 g/mol. The summed E-state index contributed by atoms with van der Waals surface area (Å²) in [4.78, 5) is 11.0. The first-order valence-corrected chi connectivity index (χ1v) is 4.11. The van der Waals surface area contributed by atoms with Crippen LogP contribution in [0.5, 0.6) is 11.5 Å². The van der Waals surface area contributed by atoms with Crippen LogP contribution in [0.2, 0.25) is 0 Å². The number of rotatable bonds is 3. The zero-order chi connectivity index (χ0) is 14.1. The van der Waals surface area contributed by atoms with Crippen molar-refractivity contribution in [2.75, 3.05) is 0 Å². The van der Waals surface area contributed by atoms with Gasteiger partial charge in [0.1, 0.15) is 5.54 Å². The lowest BCUT2D eigenvalue weighted by Crippen LogP contribution is -2.46. The Labute approximate surface area is 91.0 Å². The number of benzene rings is 1. The molecule has 1 unspecified atom stereocenters. The summed E-state index contributed by atoms with van der Waals surface area (Å²) in [5, 5.41) is 27.3. The van der Waals surface area contributed by atoms with Crippen molar-refractivity contribution in [1.29, 1.82) is 0 Å². The van der Waals surface area contributed by atoms with E-state index in [4.69, 9.17) is 20.1 Å². The molecule has 82 valence electrons. The molecule has 0 saturated carbocycles. The number of phenols is 2. The molecule has 1 rings (SSSR count). The predicted molar refractivity (Wildman–Crippen MR) is 53.7 cm³/mol. The van der Waals surface area contributed by atoms with Gasteiger partial charge in [0.15, 0.2) is 11.5 Å². The van der Waals surface area contributed by atoms with Gasteiger partial charge in [0.25, 0.3) is 0 Å². The van der Waals surface area contributed by atoms with Gasteiger partial charge in [-0.25, -0.2) is 0 Å². The highest BCUT2D eigenvalue weighted by Crippen LogP contribution is 2.26. The van der Waals surface area contributed by atoms with Crippen LogP contribution >= 0.6 is 0 Å². The van der Waals surface area contributed by atoms with E-state index in [9.17, 15) is 9.90 Å². The van der Waals surface area contributed by atoms with Crippen molar-refractivity contribution in [1.82, 2.24) is 0 Å². The first-order chi connectivity index (χ1) is 8.08.